The molecule has 4 heteroatoms. The summed E-state index contributed by atoms with van der Waals surface area (Å²) in [6.45, 7) is 0. The Bertz CT molecular complexity index is 586. The van der Waals surface area contributed by atoms with Crippen LogP contribution in [0.2, 0.25) is 0 Å². The van der Waals surface area contributed by atoms with Gasteiger partial charge in [0.15, 0.2) is 0 Å². The van der Waals surface area contributed by atoms with Crippen LogP contribution >= 0.6 is 15.9 Å². The quantitative estimate of drug-likeness (QED) is 0.833. The summed E-state index contributed by atoms with van der Waals surface area (Å²) in [6.07, 6.45) is 3.80. The molecule has 0 aliphatic heterocycles. The number of phenolic OH excluding ortho intramolecular Hbond substituents is 1. The molecule has 0 saturated carbocycles. The summed E-state index contributed by atoms with van der Waals surface area (Å²) in [5.41, 5.74) is 3.50. The Hall–Kier alpha value is -1.55. The van der Waals surface area contributed by atoms with Gasteiger partial charge in [0, 0.05) is 6.20 Å². The van der Waals surface area contributed by atoms with E-state index in [4.69, 9.17) is 0 Å². The van der Waals surface area contributed by atoms with Crippen molar-refractivity contribution in [1.29, 1.82) is 0 Å². The highest BCUT2D eigenvalue weighted by Crippen LogP contribution is 2.36. The van der Waals surface area contributed by atoms with Gasteiger partial charge in [-0.1, -0.05) is 6.07 Å². The topological polar surface area (TPSA) is 45.1 Å². The zero-order chi connectivity index (χ0) is 12.5. The summed E-state index contributed by atoms with van der Waals surface area (Å²) < 4.78 is 0.831. The number of hydrogen-bond acceptors (Lipinski definition) is 3. The smallest absolute Gasteiger partial charge is 0.129 e. The first-order valence-corrected chi connectivity index (χ1v) is 6.72. The van der Waals surface area contributed by atoms with Gasteiger partial charge in [-0.05, 0) is 64.2 Å². The molecule has 18 heavy (non-hydrogen) atoms. The maximum atomic E-state index is 9.48. The van der Waals surface area contributed by atoms with Crippen LogP contribution in [0.25, 0.3) is 0 Å². The van der Waals surface area contributed by atoms with E-state index in [9.17, 15) is 5.11 Å². The van der Waals surface area contributed by atoms with Crippen LogP contribution in [0.4, 0.5) is 5.69 Å². The molecule has 3 rings (SSSR count). The third kappa shape index (κ3) is 2.08. The third-order valence-electron chi connectivity index (χ3n) is 3.29. The fourth-order valence-corrected chi connectivity index (χ4v) is 2.80. The lowest BCUT2D eigenvalue weighted by molar-refractivity contribution is 0.474. The molecule has 0 spiro atoms. The number of aromatic hydroxyl groups is 1. The first-order valence-electron chi connectivity index (χ1n) is 5.93. The van der Waals surface area contributed by atoms with Crippen molar-refractivity contribution >= 4 is 21.6 Å². The molecule has 1 unspecified atom stereocenters. The average molecular weight is 305 g/mol. The van der Waals surface area contributed by atoms with Crippen LogP contribution in [-0.2, 0) is 6.42 Å². The molecule has 0 bridgehead atoms. The SMILES string of the molecule is Oc1ccc2c(c1)CCC2Nc1cccnc1Br. The number of hydrogen-bond donors (Lipinski definition) is 2. The Kier molecular flexibility index (Phi) is 2.96. The van der Waals surface area contributed by atoms with Crippen LogP contribution in [0, 0.1) is 0 Å². The lowest BCUT2D eigenvalue weighted by Gasteiger charge is -2.16. The molecule has 1 aromatic heterocycles. The number of aromatic nitrogens is 1. The number of nitrogens with zero attached hydrogens (tertiary/aromatic N) is 1. The number of aryl methyl sites for hydroxylation is 1. The minimum Gasteiger partial charge on any atom is -0.508 e. The minimum atomic E-state index is 0.293. The molecule has 1 heterocycles. The lowest BCUT2D eigenvalue weighted by Crippen LogP contribution is -2.07. The lowest BCUT2D eigenvalue weighted by atomic mass is 10.1. The predicted octanol–water partition coefficient (Wildman–Crippen LogP) is 3.65. The molecule has 1 aliphatic rings. The molecule has 1 aliphatic carbocycles. The van der Waals surface area contributed by atoms with Crippen molar-refractivity contribution < 1.29 is 5.11 Å². The standard InChI is InChI=1S/C14H13BrN2O/c15-14-13(2-1-7-16-14)17-12-6-3-9-8-10(18)4-5-11(9)12/h1-2,4-5,7-8,12,17-18H,3,6H2. The molecular weight excluding hydrogens is 292 g/mol. The van der Waals surface area contributed by atoms with E-state index in [1.54, 1.807) is 12.3 Å². The van der Waals surface area contributed by atoms with Crippen molar-refractivity contribution in [1.82, 2.24) is 4.98 Å². The van der Waals surface area contributed by atoms with Crippen LogP contribution in [0.3, 0.4) is 0 Å². The Morgan fingerprint density at radius 1 is 1.33 bits per heavy atom. The molecule has 1 atom stereocenters. The van der Waals surface area contributed by atoms with Crippen LogP contribution in [0.15, 0.2) is 41.1 Å². The molecule has 0 amide bonds. The normalized spacial score (nSPS) is 17.5. The Balaban J connectivity index is 1.87. The van der Waals surface area contributed by atoms with Gasteiger partial charge < -0.3 is 10.4 Å². The molecule has 0 radical (unpaired) electrons. The number of benzene rings is 1. The number of phenols is 1. The summed E-state index contributed by atoms with van der Waals surface area (Å²) >= 11 is 3.44. The maximum Gasteiger partial charge on any atom is 0.129 e. The number of rotatable bonds is 2. The van der Waals surface area contributed by atoms with Crippen LogP contribution in [0.5, 0.6) is 5.75 Å². The predicted molar refractivity (Wildman–Crippen MR) is 74.7 cm³/mol. The van der Waals surface area contributed by atoms with E-state index >= 15 is 0 Å². The van der Waals surface area contributed by atoms with Gasteiger partial charge in [0.2, 0.25) is 0 Å². The number of anilines is 1. The molecule has 0 fully saturated rings. The van der Waals surface area contributed by atoms with Crippen LogP contribution in [0.1, 0.15) is 23.6 Å². The minimum absolute atomic E-state index is 0.293. The average Bonchev–Trinajstić information content (AvgIpc) is 2.74. The number of fused-ring (bicyclic) bond motifs is 1. The monoisotopic (exact) mass is 304 g/mol. The van der Waals surface area contributed by atoms with E-state index in [0.29, 0.717) is 11.8 Å². The Morgan fingerprint density at radius 2 is 2.22 bits per heavy atom. The van der Waals surface area contributed by atoms with E-state index in [2.05, 4.69) is 26.2 Å². The van der Waals surface area contributed by atoms with Gasteiger partial charge in [-0.25, -0.2) is 4.98 Å². The second kappa shape index (κ2) is 4.61. The van der Waals surface area contributed by atoms with E-state index in [0.717, 1.165) is 23.1 Å². The number of halogens is 1. The van der Waals surface area contributed by atoms with E-state index < -0.39 is 0 Å². The summed E-state index contributed by atoms with van der Waals surface area (Å²) in [4.78, 5) is 4.21. The zero-order valence-electron chi connectivity index (χ0n) is 9.73. The summed E-state index contributed by atoms with van der Waals surface area (Å²) in [5.74, 6) is 0.344. The molecule has 0 saturated heterocycles. The van der Waals surface area contributed by atoms with Crippen molar-refractivity contribution in [3.63, 3.8) is 0 Å². The summed E-state index contributed by atoms with van der Waals surface area (Å²) in [7, 11) is 0. The third-order valence-corrected chi connectivity index (χ3v) is 3.93. The fraction of sp³-hybridized carbons (Fsp3) is 0.214. The van der Waals surface area contributed by atoms with Gasteiger partial charge in [0.1, 0.15) is 10.4 Å². The zero-order valence-corrected chi connectivity index (χ0v) is 11.3. The van der Waals surface area contributed by atoms with Crippen molar-refractivity contribution in [3.8, 4) is 5.75 Å². The fourth-order valence-electron chi connectivity index (χ4n) is 2.44. The van der Waals surface area contributed by atoms with E-state index in [1.165, 1.54) is 11.1 Å². The van der Waals surface area contributed by atoms with Crippen LogP contribution < -0.4 is 5.32 Å². The molecule has 2 aromatic rings. The van der Waals surface area contributed by atoms with Gasteiger partial charge in [0.25, 0.3) is 0 Å². The summed E-state index contributed by atoms with van der Waals surface area (Å²) in [5, 5.41) is 13.0. The second-order valence-electron chi connectivity index (χ2n) is 4.46. The van der Waals surface area contributed by atoms with E-state index in [-0.39, 0.29) is 0 Å². The Morgan fingerprint density at radius 3 is 3.06 bits per heavy atom. The van der Waals surface area contributed by atoms with Crippen LogP contribution in [-0.4, -0.2) is 10.1 Å². The highest BCUT2D eigenvalue weighted by molar-refractivity contribution is 9.10. The van der Waals surface area contributed by atoms with Gasteiger partial charge in [-0.15, -0.1) is 0 Å². The maximum absolute atomic E-state index is 9.48. The van der Waals surface area contributed by atoms with Crippen molar-refractivity contribution in [3.05, 3.63) is 52.3 Å². The highest BCUT2D eigenvalue weighted by atomic mass is 79.9. The molecule has 92 valence electrons. The van der Waals surface area contributed by atoms with Crippen molar-refractivity contribution in [2.75, 3.05) is 5.32 Å². The van der Waals surface area contributed by atoms with Crippen molar-refractivity contribution in [2.24, 2.45) is 0 Å². The second-order valence-corrected chi connectivity index (χ2v) is 5.21. The molecular formula is C14H13BrN2O. The van der Waals surface area contributed by atoms with Gasteiger partial charge in [-0.2, -0.15) is 0 Å². The first-order chi connectivity index (χ1) is 8.74. The van der Waals surface area contributed by atoms with E-state index in [1.807, 2.05) is 24.3 Å². The highest BCUT2D eigenvalue weighted by Gasteiger charge is 2.23. The van der Waals surface area contributed by atoms with Crippen molar-refractivity contribution in [2.45, 2.75) is 18.9 Å². The largest absolute Gasteiger partial charge is 0.508 e. The number of nitrogens with one attached hydrogen (secondary N) is 1. The van der Waals surface area contributed by atoms with Gasteiger partial charge >= 0.3 is 0 Å². The molecule has 2 N–H and O–H groups in total. The summed E-state index contributed by atoms with van der Waals surface area (Å²) in [6, 6.07) is 9.82. The first kappa shape index (κ1) is 11.5. The van der Waals surface area contributed by atoms with Gasteiger partial charge in [-0.3, -0.25) is 0 Å². The molecule has 1 aromatic carbocycles. The van der Waals surface area contributed by atoms with Gasteiger partial charge in [0.05, 0.1) is 11.7 Å². The number of pyridine rings is 1. The molecule has 3 nitrogen and oxygen atoms in total. The Labute approximate surface area is 114 Å².